The van der Waals surface area contributed by atoms with Gasteiger partial charge in [-0.25, -0.2) is 4.98 Å². The molecule has 0 saturated heterocycles. The average Bonchev–Trinajstić information content (AvgIpc) is 2.83. The molecule has 0 saturated carbocycles. The van der Waals surface area contributed by atoms with Crippen molar-refractivity contribution in [1.82, 2.24) is 4.98 Å². The highest BCUT2D eigenvalue weighted by Gasteiger charge is 2.36. The Morgan fingerprint density at radius 2 is 1.60 bits per heavy atom. The Morgan fingerprint density at radius 3 is 2.11 bits per heavy atom. The minimum absolute atomic E-state index is 0.0359. The highest BCUT2D eigenvalue weighted by atomic mass is 32.2. The fourth-order valence-corrected chi connectivity index (χ4v) is 3.93. The lowest BCUT2D eigenvalue weighted by Crippen LogP contribution is -2.15. The smallest absolute Gasteiger partial charge is 0.417 e. The molecule has 0 unspecified atom stereocenters. The van der Waals surface area contributed by atoms with Gasteiger partial charge in [-0.05, 0) is 68.4 Å². The number of benzene rings is 2. The average molecular weight is 502 g/mol. The second kappa shape index (κ2) is 11.6. The van der Waals surface area contributed by atoms with Crippen LogP contribution < -0.4 is 14.8 Å². The minimum atomic E-state index is -4.77. The molecule has 3 rings (SSSR count). The standard InChI is InChI=1S/C25H22F3N3O3S/c1-3-33-18-9-5-16(6-10-18)22-13-21(25(26,27)28)20(14-29)24(31-22)35-15-23(32)30-17-7-11-19(12-8-17)34-4-2/h5-13H,3-4,15H2,1-2H3,(H,30,32). The summed E-state index contributed by atoms with van der Waals surface area (Å²) in [5, 5.41) is 12.0. The Kier molecular flexibility index (Phi) is 8.60. The van der Waals surface area contributed by atoms with Gasteiger partial charge in [0.05, 0.1) is 35.8 Å². The third-order valence-corrected chi connectivity index (χ3v) is 5.63. The molecule has 1 amide bonds. The Balaban J connectivity index is 1.84. The number of carbonyl (C=O) groups is 1. The van der Waals surface area contributed by atoms with Crippen molar-refractivity contribution in [1.29, 1.82) is 5.26 Å². The summed E-state index contributed by atoms with van der Waals surface area (Å²) >= 11 is 0.766. The summed E-state index contributed by atoms with van der Waals surface area (Å²) in [6.07, 6.45) is -4.77. The third kappa shape index (κ3) is 6.90. The topological polar surface area (TPSA) is 84.2 Å². The van der Waals surface area contributed by atoms with Crippen LogP contribution in [0.1, 0.15) is 25.0 Å². The number of nitrogens with one attached hydrogen (secondary N) is 1. The number of ether oxygens (including phenoxy) is 2. The number of thioether (sulfide) groups is 1. The molecule has 35 heavy (non-hydrogen) atoms. The van der Waals surface area contributed by atoms with E-state index in [9.17, 15) is 23.2 Å². The molecule has 182 valence electrons. The molecule has 0 fully saturated rings. The summed E-state index contributed by atoms with van der Waals surface area (Å²) in [5.74, 6) is 0.527. The van der Waals surface area contributed by atoms with Crippen LogP contribution >= 0.6 is 11.8 Å². The van der Waals surface area contributed by atoms with E-state index in [4.69, 9.17) is 9.47 Å². The van der Waals surface area contributed by atoms with Crippen LogP contribution in [0.15, 0.2) is 59.6 Å². The van der Waals surface area contributed by atoms with Crippen molar-refractivity contribution in [2.24, 2.45) is 0 Å². The number of hydrogen-bond donors (Lipinski definition) is 1. The van der Waals surface area contributed by atoms with E-state index in [1.165, 1.54) is 0 Å². The van der Waals surface area contributed by atoms with E-state index in [1.54, 1.807) is 54.6 Å². The van der Waals surface area contributed by atoms with Crippen molar-refractivity contribution in [3.8, 4) is 28.8 Å². The minimum Gasteiger partial charge on any atom is -0.494 e. The van der Waals surface area contributed by atoms with Crippen LogP contribution in [0.5, 0.6) is 11.5 Å². The number of carbonyl (C=O) groups excluding carboxylic acids is 1. The number of amides is 1. The zero-order chi connectivity index (χ0) is 25.4. The van der Waals surface area contributed by atoms with Crippen molar-refractivity contribution >= 4 is 23.4 Å². The first kappa shape index (κ1) is 25.9. The SMILES string of the molecule is CCOc1ccc(NC(=O)CSc2nc(-c3ccc(OCC)cc3)cc(C(F)(F)F)c2C#N)cc1. The van der Waals surface area contributed by atoms with E-state index >= 15 is 0 Å². The Labute approximate surface area is 205 Å². The maximum Gasteiger partial charge on any atom is 0.417 e. The second-order valence-electron chi connectivity index (χ2n) is 7.10. The molecule has 2 aromatic carbocycles. The predicted molar refractivity (Wildman–Crippen MR) is 128 cm³/mol. The summed E-state index contributed by atoms with van der Waals surface area (Å²) in [4.78, 5) is 16.7. The van der Waals surface area contributed by atoms with Crippen LogP contribution in [0.4, 0.5) is 18.9 Å². The Morgan fingerprint density at radius 1 is 1.03 bits per heavy atom. The number of hydrogen-bond acceptors (Lipinski definition) is 6. The van der Waals surface area contributed by atoms with Crippen LogP contribution in [0.3, 0.4) is 0 Å². The fraction of sp³-hybridized carbons (Fsp3) is 0.240. The predicted octanol–water partition coefficient (Wildman–Crippen LogP) is 6.17. The normalized spacial score (nSPS) is 11.0. The van der Waals surface area contributed by atoms with E-state index in [-0.39, 0.29) is 16.5 Å². The highest BCUT2D eigenvalue weighted by Crippen LogP contribution is 2.38. The quantitative estimate of drug-likeness (QED) is 0.353. The first-order valence-corrected chi connectivity index (χ1v) is 11.6. The molecule has 0 bridgehead atoms. The Bertz CT molecular complexity index is 1210. The first-order valence-electron chi connectivity index (χ1n) is 10.7. The molecule has 10 heteroatoms. The van der Waals surface area contributed by atoms with Crippen LogP contribution in [-0.4, -0.2) is 29.9 Å². The number of rotatable bonds is 9. The zero-order valence-electron chi connectivity index (χ0n) is 19.0. The van der Waals surface area contributed by atoms with Gasteiger partial charge in [0.15, 0.2) is 0 Å². The van der Waals surface area contributed by atoms with Gasteiger partial charge in [0, 0.05) is 11.3 Å². The summed E-state index contributed by atoms with van der Waals surface area (Å²) < 4.78 is 52.0. The number of nitrogens with zero attached hydrogens (tertiary/aromatic N) is 2. The van der Waals surface area contributed by atoms with Gasteiger partial charge in [-0.15, -0.1) is 0 Å². The van der Waals surface area contributed by atoms with Gasteiger partial charge in [0.25, 0.3) is 0 Å². The number of nitriles is 1. The van der Waals surface area contributed by atoms with Crippen molar-refractivity contribution in [2.45, 2.75) is 25.0 Å². The van der Waals surface area contributed by atoms with E-state index in [1.807, 2.05) is 13.8 Å². The highest BCUT2D eigenvalue weighted by molar-refractivity contribution is 8.00. The second-order valence-corrected chi connectivity index (χ2v) is 8.06. The monoisotopic (exact) mass is 501 g/mol. The molecule has 3 aromatic rings. The molecule has 1 heterocycles. The number of anilines is 1. The van der Waals surface area contributed by atoms with E-state index in [0.29, 0.717) is 36.0 Å². The number of pyridine rings is 1. The molecule has 0 radical (unpaired) electrons. The molecule has 1 N–H and O–H groups in total. The van der Waals surface area contributed by atoms with Gasteiger partial charge >= 0.3 is 6.18 Å². The fourth-order valence-electron chi connectivity index (χ4n) is 3.13. The van der Waals surface area contributed by atoms with Crippen LogP contribution in [-0.2, 0) is 11.0 Å². The summed E-state index contributed by atoms with van der Waals surface area (Å²) in [6, 6.07) is 15.6. The van der Waals surface area contributed by atoms with Crippen molar-refractivity contribution in [3.63, 3.8) is 0 Å². The van der Waals surface area contributed by atoms with E-state index in [0.717, 1.165) is 17.8 Å². The largest absolute Gasteiger partial charge is 0.494 e. The zero-order valence-corrected chi connectivity index (χ0v) is 19.8. The molecule has 0 aliphatic rings. The lowest BCUT2D eigenvalue weighted by molar-refractivity contribution is -0.138. The molecule has 6 nitrogen and oxygen atoms in total. The van der Waals surface area contributed by atoms with Gasteiger partial charge < -0.3 is 14.8 Å². The van der Waals surface area contributed by atoms with Crippen LogP contribution in [0.25, 0.3) is 11.3 Å². The third-order valence-electron chi connectivity index (χ3n) is 4.65. The van der Waals surface area contributed by atoms with Gasteiger partial charge in [-0.2, -0.15) is 18.4 Å². The van der Waals surface area contributed by atoms with E-state index < -0.39 is 23.2 Å². The summed E-state index contributed by atoms with van der Waals surface area (Å²) in [5.41, 5.74) is -0.760. The summed E-state index contributed by atoms with van der Waals surface area (Å²) in [6.45, 7) is 4.63. The molecule has 0 aliphatic heterocycles. The van der Waals surface area contributed by atoms with Gasteiger partial charge in [-0.1, -0.05) is 11.8 Å². The number of halogens is 3. The van der Waals surface area contributed by atoms with Gasteiger partial charge in [0.2, 0.25) is 5.91 Å². The van der Waals surface area contributed by atoms with Gasteiger partial charge in [-0.3, -0.25) is 4.79 Å². The van der Waals surface area contributed by atoms with Crippen LogP contribution in [0, 0.1) is 11.3 Å². The van der Waals surface area contributed by atoms with E-state index in [2.05, 4.69) is 10.3 Å². The molecular weight excluding hydrogens is 479 g/mol. The van der Waals surface area contributed by atoms with Gasteiger partial charge in [0.1, 0.15) is 22.6 Å². The first-order chi connectivity index (χ1) is 16.7. The van der Waals surface area contributed by atoms with Crippen LogP contribution in [0.2, 0.25) is 0 Å². The number of aromatic nitrogens is 1. The summed E-state index contributed by atoms with van der Waals surface area (Å²) in [7, 11) is 0. The maximum atomic E-state index is 13.8. The lowest BCUT2D eigenvalue weighted by Gasteiger charge is -2.14. The number of alkyl halides is 3. The molecule has 1 aromatic heterocycles. The maximum absolute atomic E-state index is 13.8. The lowest BCUT2D eigenvalue weighted by atomic mass is 10.1. The molecular formula is C25H22F3N3O3S. The van der Waals surface area contributed by atoms with Crippen molar-refractivity contribution < 1.29 is 27.4 Å². The van der Waals surface area contributed by atoms with Crippen molar-refractivity contribution in [2.75, 3.05) is 24.3 Å². The van der Waals surface area contributed by atoms with Crippen molar-refractivity contribution in [3.05, 3.63) is 65.7 Å². The molecule has 0 atom stereocenters. The molecule has 0 aliphatic carbocycles. The Hall–Kier alpha value is -3.71. The molecule has 0 spiro atoms.